The lowest BCUT2D eigenvalue weighted by molar-refractivity contribution is 0.275. The molecule has 2 aromatic heterocycles. The molecule has 0 aliphatic carbocycles. The van der Waals surface area contributed by atoms with Crippen LogP contribution in [0.5, 0.6) is 5.75 Å². The molecular formula is C15H17N3O2S. The summed E-state index contributed by atoms with van der Waals surface area (Å²) in [7, 11) is 1.66. The molecule has 0 atom stereocenters. The van der Waals surface area contributed by atoms with Crippen LogP contribution in [0.2, 0.25) is 0 Å². The monoisotopic (exact) mass is 303 g/mol. The first-order valence-corrected chi connectivity index (χ1v) is 7.62. The Bertz CT molecular complexity index is 792. The Morgan fingerprint density at radius 3 is 2.81 bits per heavy atom. The van der Waals surface area contributed by atoms with Gasteiger partial charge in [-0.2, -0.15) is 5.10 Å². The third-order valence-electron chi connectivity index (χ3n) is 3.46. The van der Waals surface area contributed by atoms with Crippen molar-refractivity contribution in [1.29, 1.82) is 0 Å². The van der Waals surface area contributed by atoms with Crippen molar-refractivity contribution in [2.75, 3.05) is 7.11 Å². The van der Waals surface area contributed by atoms with E-state index in [0.29, 0.717) is 0 Å². The molecule has 21 heavy (non-hydrogen) atoms. The Morgan fingerprint density at radius 2 is 2.19 bits per heavy atom. The number of aryl methyl sites for hydroxylation is 2. The predicted octanol–water partition coefficient (Wildman–Crippen LogP) is 2.83. The Kier molecular flexibility index (Phi) is 3.65. The highest BCUT2D eigenvalue weighted by Crippen LogP contribution is 2.30. The fourth-order valence-electron chi connectivity index (χ4n) is 2.37. The highest BCUT2D eigenvalue weighted by molar-refractivity contribution is 7.16. The fraction of sp³-hybridized carbons (Fsp3) is 0.333. The lowest BCUT2D eigenvalue weighted by Gasteiger charge is -2.07. The van der Waals surface area contributed by atoms with E-state index in [-0.39, 0.29) is 6.61 Å². The third-order valence-corrected chi connectivity index (χ3v) is 4.51. The van der Waals surface area contributed by atoms with E-state index in [9.17, 15) is 5.11 Å². The number of imidazole rings is 1. The van der Waals surface area contributed by atoms with Gasteiger partial charge in [-0.3, -0.25) is 0 Å². The molecule has 110 valence electrons. The van der Waals surface area contributed by atoms with Crippen molar-refractivity contribution < 1.29 is 9.84 Å². The molecule has 6 heteroatoms. The summed E-state index contributed by atoms with van der Waals surface area (Å²) >= 11 is 1.56. The first-order chi connectivity index (χ1) is 10.2. The highest BCUT2D eigenvalue weighted by atomic mass is 32.1. The zero-order valence-corrected chi connectivity index (χ0v) is 13.1. The second-order valence-corrected chi connectivity index (χ2v) is 5.83. The average molecular weight is 303 g/mol. The molecule has 1 aromatic carbocycles. The van der Waals surface area contributed by atoms with E-state index in [0.717, 1.165) is 44.7 Å². The number of ether oxygens (including phenoxy) is 1. The van der Waals surface area contributed by atoms with E-state index in [4.69, 9.17) is 4.74 Å². The SMILES string of the molecule is CCc1nn2c(CO)c(-c3ccc(OC)c(C)c3)nc2s1. The van der Waals surface area contributed by atoms with Crippen LogP contribution in [0.1, 0.15) is 23.2 Å². The number of methoxy groups -OCH3 is 1. The number of benzene rings is 1. The number of hydrogen-bond donors (Lipinski definition) is 1. The van der Waals surface area contributed by atoms with Crippen LogP contribution in [0, 0.1) is 6.92 Å². The van der Waals surface area contributed by atoms with Crippen molar-refractivity contribution in [2.45, 2.75) is 26.9 Å². The summed E-state index contributed by atoms with van der Waals surface area (Å²) in [5, 5.41) is 15.2. The number of aromatic nitrogens is 3. The number of fused-ring (bicyclic) bond motifs is 1. The van der Waals surface area contributed by atoms with Gasteiger partial charge in [-0.25, -0.2) is 9.50 Å². The Labute approximate surface area is 126 Å². The lowest BCUT2D eigenvalue weighted by atomic mass is 10.1. The number of aliphatic hydroxyl groups is 1. The molecule has 0 saturated carbocycles. The molecule has 0 unspecified atom stereocenters. The first-order valence-electron chi connectivity index (χ1n) is 6.81. The smallest absolute Gasteiger partial charge is 0.213 e. The maximum atomic E-state index is 9.70. The van der Waals surface area contributed by atoms with Crippen LogP contribution >= 0.6 is 11.3 Å². The fourth-order valence-corrected chi connectivity index (χ4v) is 3.22. The van der Waals surface area contributed by atoms with Crippen molar-refractivity contribution >= 4 is 16.3 Å². The number of aliphatic hydroxyl groups excluding tert-OH is 1. The normalized spacial score (nSPS) is 11.2. The van der Waals surface area contributed by atoms with Crippen LogP contribution in [0.25, 0.3) is 16.2 Å². The molecule has 3 aromatic rings. The highest BCUT2D eigenvalue weighted by Gasteiger charge is 2.17. The molecule has 3 rings (SSSR count). The van der Waals surface area contributed by atoms with Crippen LogP contribution in [-0.2, 0) is 13.0 Å². The van der Waals surface area contributed by atoms with Crippen molar-refractivity contribution in [3.63, 3.8) is 0 Å². The minimum absolute atomic E-state index is 0.0888. The van der Waals surface area contributed by atoms with Gasteiger partial charge in [-0.05, 0) is 37.1 Å². The summed E-state index contributed by atoms with van der Waals surface area (Å²) in [6, 6.07) is 5.90. The van der Waals surface area contributed by atoms with Gasteiger partial charge >= 0.3 is 0 Å². The quantitative estimate of drug-likeness (QED) is 0.805. The van der Waals surface area contributed by atoms with Crippen LogP contribution in [0.4, 0.5) is 0 Å². The Balaban J connectivity index is 2.15. The second kappa shape index (κ2) is 5.46. The zero-order valence-electron chi connectivity index (χ0n) is 12.3. The summed E-state index contributed by atoms with van der Waals surface area (Å²) in [6.45, 7) is 3.96. The minimum atomic E-state index is -0.0888. The van der Waals surface area contributed by atoms with E-state index in [1.807, 2.05) is 25.1 Å². The topological polar surface area (TPSA) is 59.7 Å². The summed E-state index contributed by atoms with van der Waals surface area (Å²) in [4.78, 5) is 5.46. The minimum Gasteiger partial charge on any atom is -0.496 e. The predicted molar refractivity (Wildman–Crippen MR) is 82.9 cm³/mol. The molecule has 2 heterocycles. The summed E-state index contributed by atoms with van der Waals surface area (Å²) in [5.41, 5.74) is 3.51. The molecule has 0 aliphatic heterocycles. The maximum absolute atomic E-state index is 9.70. The van der Waals surface area contributed by atoms with Gasteiger partial charge in [0.05, 0.1) is 25.1 Å². The van der Waals surface area contributed by atoms with Crippen molar-refractivity contribution in [1.82, 2.24) is 14.6 Å². The molecule has 0 amide bonds. The molecule has 0 spiro atoms. The molecule has 0 aliphatic rings. The van der Waals surface area contributed by atoms with E-state index in [1.54, 1.807) is 23.0 Å². The molecule has 0 bridgehead atoms. The van der Waals surface area contributed by atoms with E-state index < -0.39 is 0 Å². The molecule has 0 radical (unpaired) electrons. The number of hydrogen-bond acceptors (Lipinski definition) is 5. The molecule has 0 saturated heterocycles. The zero-order chi connectivity index (χ0) is 15.0. The van der Waals surface area contributed by atoms with Crippen molar-refractivity contribution in [3.05, 3.63) is 34.5 Å². The van der Waals surface area contributed by atoms with Gasteiger partial charge in [0.2, 0.25) is 4.96 Å². The van der Waals surface area contributed by atoms with Gasteiger partial charge in [0.1, 0.15) is 10.8 Å². The standard InChI is InChI=1S/C15H17N3O2S/c1-4-13-17-18-11(8-19)14(16-15(18)21-13)10-5-6-12(20-3)9(2)7-10/h5-7,19H,4,8H2,1-3H3. The van der Waals surface area contributed by atoms with E-state index in [2.05, 4.69) is 17.0 Å². The first kappa shape index (κ1) is 14.0. The van der Waals surface area contributed by atoms with Crippen LogP contribution in [0.15, 0.2) is 18.2 Å². The van der Waals surface area contributed by atoms with Crippen LogP contribution in [0.3, 0.4) is 0 Å². The Morgan fingerprint density at radius 1 is 1.38 bits per heavy atom. The lowest BCUT2D eigenvalue weighted by Crippen LogP contribution is -1.97. The molecule has 5 nitrogen and oxygen atoms in total. The Hall–Kier alpha value is -1.92. The molecule has 0 fully saturated rings. The maximum Gasteiger partial charge on any atom is 0.213 e. The van der Waals surface area contributed by atoms with Gasteiger partial charge in [0.15, 0.2) is 0 Å². The second-order valence-electron chi connectivity index (χ2n) is 4.79. The molecule has 1 N–H and O–H groups in total. The van der Waals surface area contributed by atoms with Crippen LogP contribution < -0.4 is 4.74 Å². The van der Waals surface area contributed by atoms with Crippen LogP contribution in [-0.4, -0.2) is 26.8 Å². The third kappa shape index (κ3) is 2.30. The largest absolute Gasteiger partial charge is 0.496 e. The summed E-state index contributed by atoms with van der Waals surface area (Å²) in [5.74, 6) is 0.844. The van der Waals surface area contributed by atoms with Gasteiger partial charge in [-0.1, -0.05) is 18.3 Å². The van der Waals surface area contributed by atoms with Gasteiger partial charge in [0.25, 0.3) is 0 Å². The number of rotatable bonds is 4. The number of nitrogens with zero attached hydrogens (tertiary/aromatic N) is 3. The molecular weight excluding hydrogens is 286 g/mol. The average Bonchev–Trinajstić information content (AvgIpc) is 3.03. The van der Waals surface area contributed by atoms with E-state index >= 15 is 0 Å². The van der Waals surface area contributed by atoms with Crippen molar-refractivity contribution in [2.24, 2.45) is 0 Å². The van der Waals surface area contributed by atoms with E-state index in [1.165, 1.54) is 0 Å². The summed E-state index contributed by atoms with van der Waals surface area (Å²) < 4.78 is 7.03. The van der Waals surface area contributed by atoms with Gasteiger partial charge in [0, 0.05) is 5.56 Å². The summed E-state index contributed by atoms with van der Waals surface area (Å²) in [6.07, 6.45) is 0.871. The van der Waals surface area contributed by atoms with Gasteiger partial charge in [-0.15, -0.1) is 0 Å². The van der Waals surface area contributed by atoms with Gasteiger partial charge < -0.3 is 9.84 Å². The van der Waals surface area contributed by atoms with Crippen molar-refractivity contribution in [3.8, 4) is 17.0 Å².